The number of nitrogens with zero attached hydrogens (tertiary/aromatic N) is 2. The Morgan fingerprint density at radius 1 is 1.31 bits per heavy atom. The summed E-state index contributed by atoms with van der Waals surface area (Å²) in [5.41, 5.74) is 0. The second kappa shape index (κ2) is 10.9. The van der Waals surface area contributed by atoms with E-state index in [2.05, 4.69) is 25.7 Å². The Hall–Kier alpha value is -1.08. The SMILES string of the molecule is CCN(CC)CC.N#CCC(=O)O. The Bertz CT molecular complexity index is 154. The maximum absolute atomic E-state index is 9.38. The minimum atomic E-state index is -1.07. The lowest BCUT2D eigenvalue weighted by atomic mass is 10.5. The molecule has 0 amide bonds. The van der Waals surface area contributed by atoms with Gasteiger partial charge in [-0.15, -0.1) is 0 Å². The fourth-order valence-electron chi connectivity index (χ4n) is 0.738. The predicted molar refractivity (Wildman–Crippen MR) is 51.3 cm³/mol. The van der Waals surface area contributed by atoms with Crippen LogP contribution < -0.4 is 0 Å². The molecule has 4 nitrogen and oxygen atoms in total. The van der Waals surface area contributed by atoms with Crippen LogP contribution >= 0.6 is 0 Å². The highest BCUT2D eigenvalue weighted by Gasteiger charge is 1.89. The average Bonchev–Trinajstić information content (AvgIpc) is 2.08. The minimum Gasteiger partial charge on any atom is -0.480 e. The minimum absolute atomic E-state index is 0.403. The van der Waals surface area contributed by atoms with Crippen LogP contribution in [0, 0.1) is 11.3 Å². The summed E-state index contributed by atoms with van der Waals surface area (Å²) in [6, 6.07) is 1.47. The molecule has 0 aliphatic carbocycles. The Morgan fingerprint density at radius 2 is 1.69 bits per heavy atom. The molecule has 0 bridgehead atoms. The van der Waals surface area contributed by atoms with E-state index in [1.165, 1.54) is 25.7 Å². The van der Waals surface area contributed by atoms with Crippen LogP contribution in [0.25, 0.3) is 0 Å². The number of carboxylic acid groups (broad SMARTS) is 1. The fraction of sp³-hybridized carbons (Fsp3) is 0.778. The molecule has 0 atom stereocenters. The molecule has 13 heavy (non-hydrogen) atoms. The van der Waals surface area contributed by atoms with E-state index >= 15 is 0 Å². The molecule has 0 aliphatic rings. The van der Waals surface area contributed by atoms with Gasteiger partial charge in [0, 0.05) is 0 Å². The van der Waals surface area contributed by atoms with Gasteiger partial charge in [-0.1, -0.05) is 20.8 Å². The van der Waals surface area contributed by atoms with Gasteiger partial charge in [-0.05, 0) is 19.6 Å². The molecule has 0 radical (unpaired) electrons. The molecule has 4 heteroatoms. The van der Waals surface area contributed by atoms with E-state index in [1.54, 1.807) is 0 Å². The van der Waals surface area contributed by atoms with E-state index in [9.17, 15) is 4.79 Å². The van der Waals surface area contributed by atoms with E-state index in [-0.39, 0.29) is 0 Å². The van der Waals surface area contributed by atoms with Crippen molar-refractivity contribution in [2.75, 3.05) is 19.6 Å². The van der Waals surface area contributed by atoms with Crippen LogP contribution in [-0.2, 0) is 4.79 Å². The van der Waals surface area contributed by atoms with Crippen LogP contribution in [0.4, 0.5) is 0 Å². The Morgan fingerprint density at radius 3 is 1.69 bits per heavy atom. The predicted octanol–water partition coefficient (Wildman–Crippen LogP) is 1.33. The second-order valence-corrected chi connectivity index (χ2v) is 2.35. The van der Waals surface area contributed by atoms with Crippen LogP contribution in [0.3, 0.4) is 0 Å². The number of carboxylic acids is 1. The lowest BCUT2D eigenvalue weighted by Gasteiger charge is -2.13. The number of carbonyl (C=O) groups is 1. The van der Waals surface area contributed by atoms with E-state index in [0.29, 0.717) is 0 Å². The lowest BCUT2D eigenvalue weighted by molar-refractivity contribution is -0.135. The van der Waals surface area contributed by atoms with Gasteiger partial charge in [0.1, 0.15) is 6.42 Å². The Labute approximate surface area is 79.8 Å². The van der Waals surface area contributed by atoms with Crippen LogP contribution in [-0.4, -0.2) is 35.6 Å². The molecule has 0 aromatic heterocycles. The molecule has 0 heterocycles. The number of hydrogen-bond donors (Lipinski definition) is 1. The van der Waals surface area contributed by atoms with Crippen molar-refractivity contribution in [3.8, 4) is 6.07 Å². The normalized spacial score (nSPS) is 8.54. The number of nitriles is 1. The van der Waals surface area contributed by atoms with Gasteiger partial charge >= 0.3 is 5.97 Å². The summed E-state index contributed by atoms with van der Waals surface area (Å²) in [5.74, 6) is -1.07. The summed E-state index contributed by atoms with van der Waals surface area (Å²) in [5, 5.41) is 15.3. The maximum atomic E-state index is 9.38. The maximum Gasteiger partial charge on any atom is 0.317 e. The van der Waals surface area contributed by atoms with Crippen molar-refractivity contribution in [1.29, 1.82) is 5.26 Å². The second-order valence-electron chi connectivity index (χ2n) is 2.35. The van der Waals surface area contributed by atoms with Gasteiger partial charge in [0.15, 0.2) is 0 Å². The molecule has 1 N–H and O–H groups in total. The van der Waals surface area contributed by atoms with E-state index in [4.69, 9.17) is 10.4 Å². The first kappa shape index (κ1) is 14.4. The van der Waals surface area contributed by atoms with Gasteiger partial charge in [0.05, 0.1) is 6.07 Å². The summed E-state index contributed by atoms with van der Waals surface area (Å²) in [7, 11) is 0. The Balaban J connectivity index is 0. The summed E-state index contributed by atoms with van der Waals surface area (Å²) >= 11 is 0. The van der Waals surface area contributed by atoms with Crippen molar-refractivity contribution >= 4 is 5.97 Å². The molecule has 0 saturated heterocycles. The number of rotatable bonds is 4. The highest BCUT2D eigenvalue weighted by Crippen LogP contribution is 1.81. The van der Waals surface area contributed by atoms with Crippen molar-refractivity contribution in [3.05, 3.63) is 0 Å². The zero-order valence-corrected chi connectivity index (χ0v) is 8.58. The van der Waals surface area contributed by atoms with Crippen LogP contribution in [0.2, 0.25) is 0 Å². The standard InChI is InChI=1S/C6H15N.C3H3NO2/c1-4-7(5-2)6-3;4-2-1-3(5)6/h4-6H2,1-3H3;1H2,(H,5,6). The first-order chi connectivity index (χ1) is 6.12. The third kappa shape index (κ3) is 13.9. The lowest BCUT2D eigenvalue weighted by Crippen LogP contribution is -2.21. The van der Waals surface area contributed by atoms with Gasteiger partial charge in [-0.2, -0.15) is 5.26 Å². The van der Waals surface area contributed by atoms with Crippen molar-refractivity contribution in [2.45, 2.75) is 27.2 Å². The Kier molecular flexibility index (Phi) is 12.1. The first-order valence-corrected chi connectivity index (χ1v) is 4.43. The smallest absolute Gasteiger partial charge is 0.317 e. The molecule has 0 unspecified atom stereocenters. The molecule has 76 valence electrons. The summed E-state index contributed by atoms with van der Waals surface area (Å²) in [6.45, 7) is 10.1. The largest absolute Gasteiger partial charge is 0.480 e. The zero-order chi connectivity index (χ0) is 10.7. The van der Waals surface area contributed by atoms with E-state index < -0.39 is 12.4 Å². The van der Waals surface area contributed by atoms with Gasteiger partial charge in [0.2, 0.25) is 0 Å². The fourth-order valence-corrected chi connectivity index (χ4v) is 0.738. The third-order valence-corrected chi connectivity index (χ3v) is 1.57. The van der Waals surface area contributed by atoms with Crippen LogP contribution in [0.1, 0.15) is 27.2 Å². The summed E-state index contributed by atoms with van der Waals surface area (Å²) < 4.78 is 0. The van der Waals surface area contributed by atoms with Crippen molar-refractivity contribution in [2.24, 2.45) is 0 Å². The van der Waals surface area contributed by atoms with Crippen molar-refractivity contribution < 1.29 is 9.90 Å². The van der Waals surface area contributed by atoms with E-state index in [1.807, 2.05) is 0 Å². The first-order valence-electron chi connectivity index (χ1n) is 4.43. The van der Waals surface area contributed by atoms with Crippen LogP contribution in [0.5, 0.6) is 0 Å². The molecule has 0 spiro atoms. The molecular weight excluding hydrogens is 168 g/mol. The van der Waals surface area contributed by atoms with Crippen molar-refractivity contribution in [3.63, 3.8) is 0 Å². The summed E-state index contributed by atoms with van der Waals surface area (Å²) in [4.78, 5) is 11.8. The van der Waals surface area contributed by atoms with Gasteiger partial charge in [-0.25, -0.2) is 0 Å². The molecular formula is C9H18N2O2. The molecule has 0 saturated carbocycles. The highest BCUT2D eigenvalue weighted by molar-refractivity contribution is 5.69. The molecule has 0 aliphatic heterocycles. The summed E-state index contributed by atoms with van der Waals surface area (Å²) in [6.07, 6.45) is -0.403. The highest BCUT2D eigenvalue weighted by atomic mass is 16.4. The van der Waals surface area contributed by atoms with E-state index in [0.717, 1.165) is 0 Å². The monoisotopic (exact) mass is 186 g/mol. The van der Waals surface area contributed by atoms with Crippen LogP contribution in [0.15, 0.2) is 0 Å². The molecule has 0 aromatic carbocycles. The topological polar surface area (TPSA) is 64.3 Å². The molecule has 0 aromatic rings. The number of hydrogen-bond acceptors (Lipinski definition) is 3. The van der Waals surface area contributed by atoms with Gasteiger partial charge < -0.3 is 10.0 Å². The van der Waals surface area contributed by atoms with Crippen molar-refractivity contribution in [1.82, 2.24) is 4.90 Å². The molecule has 0 rings (SSSR count). The third-order valence-electron chi connectivity index (χ3n) is 1.57. The quantitative estimate of drug-likeness (QED) is 0.719. The molecule has 0 fully saturated rings. The van der Waals surface area contributed by atoms with Gasteiger partial charge in [-0.3, -0.25) is 4.79 Å². The number of aliphatic carboxylic acids is 1. The zero-order valence-electron chi connectivity index (χ0n) is 8.58. The van der Waals surface area contributed by atoms with Gasteiger partial charge in [0.25, 0.3) is 0 Å². The average molecular weight is 186 g/mol.